The average molecular weight is 188 g/mol. The van der Waals surface area contributed by atoms with E-state index in [1.54, 1.807) is 6.20 Å². The summed E-state index contributed by atoms with van der Waals surface area (Å²) in [6.45, 7) is 7.87. The number of allylic oxidation sites excluding steroid dienone is 5. The summed E-state index contributed by atoms with van der Waals surface area (Å²) in [6.07, 6.45) is 9.20. The van der Waals surface area contributed by atoms with E-state index in [-0.39, 0.29) is 0 Å². The van der Waals surface area contributed by atoms with Crippen molar-refractivity contribution in [2.24, 2.45) is 16.6 Å². The van der Waals surface area contributed by atoms with Gasteiger partial charge >= 0.3 is 0 Å². The molecule has 0 radical (unpaired) electrons. The summed E-state index contributed by atoms with van der Waals surface area (Å²) in [5.74, 6) is 0.506. The van der Waals surface area contributed by atoms with Gasteiger partial charge in [0, 0.05) is 18.0 Å². The van der Waals surface area contributed by atoms with Gasteiger partial charge in [-0.15, -0.1) is 0 Å². The smallest absolute Gasteiger partial charge is 0.0716 e. The molecule has 0 amide bonds. The Bertz CT molecular complexity index is 341. The summed E-state index contributed by atoms with van der Waals surface area (Å²) in [5, 5.41) is 0. The zero-order valence-electron chi connectivity index (χ0n) is 8.70. The topological polar surface area (TPSA) is 38.4 Å². The second kappa shape index (κ2) is 4.61. The molecular weight excluding hydrogens is 172 g/mol. The van der Waals surface area contributed by atoms with Crippen LogP contribution < -0.4 is 5.73 Å². The molecule has 2 nitrogen and oxygen atoms in total. The standard InChI is InChI=1S/C12H16N2/c1-4-14-12-6-5-10(9(2)3)7-11(12)8-13/h4-9H,1,13H2,2-3H3/b11-8-,14-12-. The molecule has 0 bridgehead atoms. The summed E-state index contributed by atoms with van der Waals surface area (Å²) in [6, 6.07) is 0. The van der Waals surface area contributed by atoms with E-state index in [1.165, 1.54) is 11.8 Å². The molecule has 2 heteroatoms. The van der Waals surface area contributed by atoms with E-state index >= 15 is 0 Å². The van der Waals surface area contributed by atoms with Crippen LogP contribution in [0.4, 0.5) is 0 Å². The first kappa shape index (κ1) is 10.5. The average Bonchev–Trinajstić information content (AvgIpc) is 2.18. The van der Waals surface area contributed by atoms with Gasteiger partial charge in [-0.25, -0.2) is 0 Å². The molecule has 0 saturated heterocycles. The quantitative estimate of drug-likeness (QED) is 0.710. The Hall–Kier alpha value is -1.57. The molecule has 0 aliphatic heterocycles. The largest absolute Gasteiger partial charge is 0.404 e. The van der Waals surface area contributed by atoms with Crippen LogP contribution in [0.3, 0.4) is 0 Å². The third-order valence-electron chi connectivity index (χ3n) is 2.13. The zero-order valence-corrected chi connectivity index (χ0v) is 8.70. The van der Waals surface area contributed by atoms with Crippen molar-refractivity contribution in [2.75, 3.05) is 0 Å². The summed E-state index contributed by atoms with van der Waals surface area (Å²) in [4.78, 5) is 4.13. The van der Waals surface area contributed by atoms with E-state index in [9.17, 15) is 0 Å². The normalized spacial score (nSPS) is 21.8. The van der Waals surface area contributed by atoms with E-state index in [0.29, 0.717) is 5.92 Å². The Balaban J connectivity index is 3.03. The van der Waals surface area contributed by atoms with E-state index in [4.69, 9.17) is 5.73 Å². The number of nitrogens with two attached hydrogens (primary N) is 1. The third kappa shape index (κ3) is 2.22. The maximum Gasteiger partial charge on any atom is 0.0716 e. The first-order valence-electron chi connectivity index (χ1n) is 4.69. The van der Waals surface area contributed by atoms with Crippen molar-refractivity contribution in [3.8, 4) is 0 Å². The molecule has 0 aromatic rings. The van der Waals surface area contributed by atoms with Gasteiger partial charge in [-0.3, -0.25) is 4.99 Å². The van der Waals surface area contributed by atoms with Gasteiger partial charge in [-0.05, 0) is 23.6 Å². The Morgan fingerprint density at radius 2 is 2.14 bits per heavy atom. The molecular formula is C12H16N2. The van der Waals surface area contributed by atoms with Gasteiger partial charge in [-0.1, -0.05) is 26.5 Å². The van der Waals surface area contributed by atoms with Gasteiger partial charge in [-0.2, -0.15) is 0 Å². The molecule has 14 heavy (non-hydrogen) atoms. The molecule has 74 valence electrons. The fourth-order valence-electron chi connectivity index (χ4n) is 1.28. The molecule has 0 fully saturated rings. The molecule has 0 aromatic carbocycles. The number of hydrogen-bond acceptors (Lipinski definition) is 2. The Morgan fingerprint density at radius 3 is 2.64 bits per heavy atom. The number of nitrogens with zero attached hydrogens (tertiary/aromatic N) is 1. The lowest BCUT2D eigenvalue weighted by atomic mass is 9.93. The summed E-state index contributed by atoms with van der Waals surface area (Å²) >= 11 is 0. The fourth-order valence-corrected chi connectivity index (χ4v) is 1.28. The van der Waals surface area contributed by atoms with Crippen LogP contribution in [0.25, 0.3) is 0 Å². The lowest BCUT2D eigenvalue weighted by Gasteiger charge is -2.13. The van der Waals surface area contributed by atoms with Crippen molar-refractivity contribution in [3.63, 3.8) is 0 Å². The second-order valence-electron chi connectivity index (χ2n) is 3.45. The van der Waals surface area contributed by atoms with Crippen LogP contribution in [0.1, 0.15) is 13.8 Å². The lowest BCUT2D eigenvalue weighted by molar-refractivity contribution is 0.790. The maximum absolute atomic E-state index is 5.53. The second-order valence-corrected chi connectivity index (χ2v) is 3.45. The Kier molecular flexibility index (Phi) is 3.46. The van der Waals surface area contributed by atoms with Gasteiger partial charge in [0.1, 0.15) is 0 Å². The molecule has 2 N–H and O–H groups in total. The van der Waals surface area contributed by atoms with Crippen molar-refractivity contribution in [3.05, 3.63) is 48.4 Å². The highest BCUT2D eigenvalue weighted by Crippen LogP contribution is 2.19. The van der Waals surface area contributed by atoms with Gasteiger partial charge in [0.05, 0.1) is 5.71 Å². The third-order valence-corrected chi connectivity index (χ3v) is 2.13. The predicted octanol–water partition coefficient (Wildman–Crippen LogP) is 2.57. The van der Waals surface area contributed by atoms with E-state index < -0.39 is 0 Å². The van der Waals surface area contributed by atoms with Crippen molar-refractivity contribution in [2.45, 2.75) is 13.8 Å². The molecule has 1 aliphatic carbocycles. The van der Waals surface area contributed by atoms with Crippen molar-refractivity contribution >= 4 is 5.71 Å². The molecule has 0 atom stereocenters. The van der Waals surface area contributed by atoms with Crippen molar-refractivity contribution in [1.29, 1.82) is 0 Å². The van der Waals surface area contributed by atoms with Crippen LogP contribution >= 0.6 is 0 Å². The fraction of sp³-hybridized carbons (Fsp3) is 0.250. The first-order valence-corrected chi connectivity index (χ1v) is 4.69. The van der Waals surface area contributed by atoms with E-state index in [1.807, 2.05) is 6.08 Å². The summed E-state index contributed by atoms with van der Waals surface area (Å²) in [5.41, 5.74) is 8.62. The minimum absolute atomic E-state index is 0.506. The molecule has 1 aliphatic rings. The van der Waals surface area contributed by atoms with Crippen LogP contribution in [0.15, 0.2) is 53.3 Å². The number of rotatable bonds is 2. The number of hydrogen-bond donors (Lipinski definition) is 1. The SMILES string of the molecule is C=C/N=C1/C=CC(C(C)C)=C/C1=C/N. The Labute approximate surface area is 85.2 Å². The summed E-state index contributed by atoms with van der Waals surface area (Å²) in [7, 11) is 0. The molecule has 0 unspecified atom stereocenters. The van der Waals surface area contributed by atoms with Crippen LogP contribution in [0, 0.1) is 5.92 Å². The molecule has 1 rings (SSSR count). The van der Waals surface area contributed by atoms with E-state index in [2.05, 4.69) is 37.6 Å². The van der Waals surface area contributed by atoms with Crippen LogP contribution in [-0.2, 0) is 0 Å². The van der Waals surface area contributed by atoms with Crippen LogP contribution in [0.5, 0.6) is 0 Å². The van der Waals surface area contributed by atoms with Gasteiger partial charge in [0.15, 0.2) is 0 Å². The highest BCUT2D eigenvalue weighted by atomic mass is 14.7. The molecule has 0 heterocycles. The lowest BCUT2D eigenvalue weighted by Crippen LogP contribution is -2.06. The first-order chi connectivity index (χ1) is 6.69. The zero-order chi connectivity index (χ0) is 10.6. The molecule has 0 saturated carbocycles. The number of aliphatic imine (C=N–C) groups is 1. The van der Waals surface area contributed by atoms with Gasteiger partial charge in [0.2, 0.25) is 0 Å². The predicted molar refractivity (Wildman–Crippen MR) is 62.0 cm³/mol. The minimum Gasteiger partial charge on any atom is -0.404 e. The van der Waals surface area contributed by atoms with E-state index in [0.717, 1.165) is 11.3 Å². The molecule has 0 aromatic heterocycles. The Morgan fingerprint density at radius 1 is 1.43 bits per heavy atom. The van der Waals surface area contributed by atoms with Gasteiger partial charge < -0.3 is 5.73 Å². The van der Waals surface area contributed by atoms with Gasteiger partial charge in [0.25, 0.3) is 0 Å². The maximum atomic E-state index is 5.53. The highest BCUT2D eigenvalue weighted by Gasteiger charge is 2.09. The van der Waals surface area contributed by atoms with Crippen molar-refractivity contribution < 1.29 is 0 Å². The monoisotopic (exact) mass is 188 g/mol. The summed E-state index contributed by atoms with van der Waals surface area (Å²) < 4.78 is 0. The van der Waals surface area contributed by atoms with Crippen LogP contribution in [-0.4, -0.2) is 5.71 Å². The highest BCUT2D eigenvalue weighted by molar-refractivity contribution is 6.12. The van der Waals surface area contributed by atoms with Crippen molar-refractivity contribution in [1.82, 2.24) is 0 Å². The minimum atomic E-state index is 0.506. The molecule has 0 spiro atoms. The van der Waals surface area contributed by atoms with Crippen LogP contribution in [0.2, 0.25) is 0 Å².